The van der Waals surface area contributed by atoms with Crippen molar-refractivity contribution in [1.82, 2.24) is 0 Å². The molecule has 4 nitrogen and oxygen atoms in total. The standard InChI is InChI=1S/C15H8N2O2/c16-8-9-1-3-10(4-2-9)11-5-6-13-12(7-11)14(18)15(19)17-13/h1-7H,(H,17,18,19). The van der Waals surface area contributed by atoms with Crippen molar-refractivity contribution in [3.8, 4) is 17.2 Å². The minimum absolute atomic E-state index is 0.395. The average molecular weight is 248 g/mol. The number of nitrogens with one attached hydrogen (secondary N) is 1. The van der Waals surface area contributed by atoms with Crippen molar-refractivity contribution in [3.05, 3.63) is 53.6 Å². The summed E-state index contributed by atoms with van der Waals surface area (Å²) in [6, 6.07) is 14.4. The molecule has 0 fully saturated rings. The number of ketones is 1. The van der Waals surface area contributed by atoms with Crippen molar-refractivity contribution < 1.29 is 9.59 Å². The maximum atomic E-state index is 11.6. The zero-order valence-electron chi connectivity index (χ0n) is 9.81. The number of rotatable bonds is 1. The van der Waals surface area contributed by atoms with E-state index in [-0.39, 0.29) is 0 Å². The summed E-state index contributed by atoms with van der Waals surface area (Å²) in [5.74, 6) is -1.10. The van der Waals surface area contributed by atoms with Gasteiger partial charge in [0.2, 0.25) is 0 Å². The molecule has 3 rings (SSSR count). The molecule has 2 aromatic carbocycles. The zero-order valence-corrected chi connectivity index (χ0v) is 9.81. The second kappa shape index (κ2) is 4.07. The fourth-order valence-electron chi connectivity index (χ4n) is 2.06. The molecule has 2 aromatic rings. The van der Waals surface area contributed by atoms with E-state index in [9.17, 15) is 9.59 Å². The normalized spacial score (nSPS) is 12.8. The van der Waals surface area contributed by atoms with Crippen LogP contribution in [0.1, 0.15) is 15.9 Å². The Morgan fingerprint density at radius 1 is 0.947 bits per heavy atom. The molecule has 0 unspecified atom stereocenters. The molecule has 90 valence electrons. The van der Waals surface area contributed by atoms with Gasteiger partial charge in [0.25, 0.3) is 11.7 Å². The number of fused-ring (bicyclic) bond motifs is 1. The van der Waals surface area contributed by atoms with Crippen molar-refractivity contribution in [3.63, 3.8) is 0 Å². The van der Waals surface area contributed by atoms with Crippen LogP contribution < -0.4 is 5.32 Å². The largest absolute Gasteiger partial charge is 0.318 e. The van der Waals surface area contributed by atoms with E-state index in [4.69, 9.17) is 5.26 Å². The van der Waals surface area contributed by atoms with Gasteiger partial charge in [-0.05, 0) is 35.4 Å². The lowest BCUT2D eigenvalue weighted by molar-refractivity contribution is -0.112. The van der Waals surface area contributed by atoms with Crippen LogP contribution >= 0.6 is 0 Å². The first-order valence-corrected chi connectivity index (χ1v) is 5.69. The summed E-state index contributed by atoms with van der Waals surface area (Å²) in [7, 11) is 0. The predicted molar refractivity (Wildman–Crippen MR) is 69.6 cm³/mol. The van der Waals surface area contributed by atoms with E-state index in [2.05, 4.69) is 11.4 Å². The summed E-state index contributed by atoms with van der Waals surface area (Å²) >= 11 is 0. The van der Waals surface area contributed by atoms with Crippen LogP contribution in [0.3, 0.4) is 0 Å². The van der Waals surface area contributed by atoms with Gasteiger partial charge >= 0.3 is 0 Å². The Morgan fingerprint density at radius 2 is 1.63 bits per heavy atom. The molecule has 0 saturated heterocycles. The van der Waals surface area contributed by atoms with Crippen molar-refractivity contribution in [2.75, 3.05) is 5.32 Å². The highest BCUT2D eigenvalue weighted by atomic mass is 16.2. The van der Waals surface area contributed by atoms with Crippen LogP contribution in [0.2, 0.25) is 0 Å². The number of hydrogen-bond donors (Lipinski definition) is 1. The van der Waals surface area contributed by atoms with E-state index in [1.54, 1.807) is 24.3 Å². The maximum Gasteiger partial charge on any atom is 0.296 e. The Bertz CT molecular complexity index is 740. The van der Waals surface area contributed by atoms with Crippen LogP contribution in [-0.2, 0) is 4.79 Å². The first kappa shape index (κ1) is 11.2. The summed E-state index contributed by atoms with van der Waals surface area (Å²) in [4.78, 5) is 22.9. The second-order valence-corrected chi connectivity index (χ2v) is 4.23. The number of carbonyl (C=O) groups is 2. The Kier molecular flexibility index (Phi) is 2.39. The van der Waals surface area contributed by atoms with Crippen LogP contribution in [-0.4, -0.2) is 11.7 Å². The number of benzene rings is 2. The van der Waals surface area contributed by atoms with Gasteiger partial charge in [-0.25, -0.2) is 0 Å². The van der Waals surface area contributed by atoms with Gasteiger partial charge in [-0.15, -0.1) is 0 Å². The van der Waals surface area contributed by atoms with Crippen LogP contribution in [0.25, 0.3) is 11.1 Å². The molecule has 19 heavy (non-hydrogen) atoms. The van der Waals surface area contributed by atoms with Crippen molar-refractivity contribution >= 4 is 17.4 Å². The average Bonchev–Trinajstić information content (AvgIpc) is 2.74. The monoisotopic (exact) mass is 248 g/mol. The molecule has 4 heteroatoms. The van der Waals surface area contributed by atoms with Gasteiger partial charge in [-0.3, -0.25) is 9.59 Å². The molecule has 0 radical (unpaired) electrons. The highest BCUT2D eigenvalue weighted by Crippen LogP contribution is 2.29. The molecule has 1 heterocycles. The van der Waals surface area contributed by atoms with Crippen LogP contribution in [0.15, 0.2) is 42.5 Å². The lowest BCUT2D eigenvalue weighted by Crippen LogP contribution is -2.12. The molecule has 0 aromatic heterocycles. The first-order valence-electron chi connectivity index (χ1n) is 5.69. The van der Waals surface area contributed by atoms with E-state index >= 15 is 0 Å². The van der Waals surface area contributed by atoms with E-state index in [1.807, 2.05) is 18.2 Å². The molecule has 0 aliphatic carbocycles. The molecular weight excluding hydrogens is 240 g/mol. The summed E-state index contributed by atoms with van der Waals surface area (Å²) in [5.41, 5.74) is 3.26. The quantitative estimate of drug-likeness (QED) is 0.787. The fourth-order valence-corrected chi connectivity index (χ4v) is 2.06. The third-order valence-corrected chi connectivity index (χ3v) is 3.07. The van der Waals surface area contributed by atoms with Crippen molar-refractivity contribution in [2.45, 2.75) is 0 Å². The smallest absolute Gasteiger partial charge is 0.296 e. The Morgan fingerprint density at radius 3 is 2.32 bits per heavy atom. The highest BCUT2D eigenvalue weighted by molar-refractivity contribution is 6.51. The van der Waals surface area contributed by atoms with Crippen molar-refractivity contribution in [1.29, 1.82) is 5.26 Å². The van der Waals surface area contributed by atoms with Gasteiger partial charge in [0, 0.05) is 0 Å². The van der Waals surface area contributed by atoms with Crippen LogP contribution in [0.5, 0.6) is 0 Å². The van der Waals surface area contributed by atoms with Gasteiger partial charge in [-0.2, -0.15) is 5.26 Å². The molecule has 1 N–H and O–H groups in total. The van der Waals surface area contributed by atoms with Gasteiger partial charge < -0.3 is 5.32 Å². The number of hydrogen-bond acceptors (Lipinski definition) is 3. The summed E-state index contributed by atoms with van der Waals surface area (Å²) in [6.45, 7) is 0. The minimum atomic E-state index is -0.591. The molecule has 0 bridgehead atoms. The van der Waals surface area contributed by atoms with Crippen molar-refractivity contribution in [2.24, 2.45) is 0 Å². The van der Waals surface area contributed by atoms with E-state index in [1.165, 1.54) is 0 Å². The number of Topliss-reactive ketones (excluding diaryl/α,β-unsaturated/α-hetero) is 1. The summed E-state index contributed by atoms with van der Waals surface area (Å²) < 4.78 is 0. The van der Waals surface area contributed by atoms with E-state index in [0.717, 1.165) is 11.1 Å². The minimum Gasteiger partial charge on any atom is -0.318 e. The number of nitriles is 1. The lowest BCUT2D eigenvalue weighted by atomic mass is 10.0. The number of amides is 1. The van der Waals surface area contributed by atoms with Gasteiger partial charge in [-0.1, -0.05) is 18.2 Å². The zero-order chi connectivity index (χ0) is 13.4. The number of anilines is 1. The van der Waals surface area contributed by atoms with E-state index in [0.29, 0.717) is 16.8 Å². The Labute approximate surface area is 109 Å². The van der Waals surface area contributed by atoms with Gasteiger partial charge in [0.05, 0.1) is 22.9 Å². The molecular formula is C15H8N2O2. The topological polar surface area (TPSA) is 70.0 Å². The SMILES string of the molecule is N#Cc1ccc(-c2ccc3c(c2)C(=O)C(=O)N3)cc1. The third-order valence-electron chi connectivity index (χ3n) is 3.07. The van der Waals surface area contributed by atoms with Crippen LogP contribution in [0.4, 0.5) is 5.69 Å². The lowest BCUT2D eigenvalue weighted by Gasteiger charge is -2.04. The van der Waals surface area contributed by atoms with Gasteiger partial charge in [0.1, 0.15) is 0 Å². The highest BCUT2D eigenvalue weighted by Gasteiger charge is 2.27. The van der Waals surface area contributed by atoms with Gasteiger partial charge in [0.15, 0.2) is 0 Å². The Hall–Kier alpha value is -2.93. The Balaban J connectivity index is 2.06. The second-order valence-electron chi connectivity index (χ2n) is 4.23. The van der Waals surface area contributed by atoms with E-state index < -0.39 is 11.7 Å². The summed E-state index contributed by atoms with van der Waals surface area (Å²) in [5, 5.41) is 11.3. The maximum absolute atomic E-state index is 11.6. The first-order chi connectivity index (χ1) is 9.19. The van der Waals surface area contributed by atoms with Crippen LogP contribution in [0, 0.1) is 11.3 Å². The predicted octanol–water partition coefficient (Wildman–Crippen LogP) is 2.36. The molecule has 1 amide bonds. The fraction of sp³-hybridized carbons (Fsp3) is 0. The molecule has 0 atom stereocenters. The number of carbonyl (C=O) groups excluding carboxylic acids is 2. The molecule has 0 spiro atoms. The molecule has 0 saturated carbocycles. The molecule has 1 aliphatic heterocycles. The third kappa shape index (κ3) is 1.78. The summed E-state index contributed by atoms with van der Waals surface area (Å²) in [6.07, 6.45) is 0. The molecule has 1 aliphatic rings. The number of nitrogens with zero attached hydrogens (tertiary/aromatic N) is 1.